The zero-order valence-electron chi connectivity index (χ0n) is 14.6. The Hall–Kier alpha value is -3.62. The summed E-state index contributed by atoms with van der Waals surface area (Å²) < 4.78 is 10.2. The molecule has 1 aromatic heterocycles. The number of nitrogens with zero attached hydrogens (tertiary/aromatic N) is 1. The van der Waals surface area contributed by atoms with Gasteiger partial charge in [0.1, 0.15) is 11.6 Å². The lowest BCUT2D eigenvalue weighted by Crippen LogP contribution is -2.14. The third kappa shape index (κ3) is 10.1. The molecule has 0 amide bonds. The maximum absolute atomic E-state index is 11.2. The van der Waals surface area contributed by atoms with Crippen LogP contribution in [0.2, 0.25) is 0 Å². The van der Waals surface area contributed by atoms with Crippen LogP contribution in [-0.4, -0.2) is 51.3 Å². The zero-order chi connectivity index (χ0) is 20.1. The molecule has 27 heavy (non-hydrogen) atoms. The number of hydrogen-bond donors (Lipinski definition) is 3. The number of esters is 1. The molecule has 3 N–H and O–H groups in total. The minimum atomic E-state index is -1.26. The van der Waals surface area contributed by atoms with Gasteiger partial charge >= 0.3 is 17.9 Å². The maximum atomic E-state index is 11.2. The van der Waals surface area contributed by atoms with Gasteiger partial charge < -0.3 is 24.7 Å². The molecule has 0 unspecified atom stereocenters. The van der Waals surface area contributed by atoms with Gasteiger partial charge in [-0.15, -0.1) is 0 Å². The van der Waals surface area contributed by atoms with Gasteiger partial charge in [-0.1, -0.05) is 12.1 Å². The standard InChI is InChI=1S/C14H16N2O3.C4H4O4/c1-2-18-14(17)10-19-12-5-3-4-11(8-12)9-13-15-6-7-16-13;5-3(6)1-2-4(7)8/h3-8H,2,9-10H2,1H3,(H,15,16);1-2H,(H,5,6)(H,7,8). The van der Waals surface area contributed by atoms with Gasteiger partial charge in [0, 0.05) is 31.0 Å². The van der Waals surface area contributed by atoms with E-state index in [2.05, 4.69) is 9.97 Å². The van der Waals surface area contributed by atoms with Crippen LogP contribution in [-0.2, 0) is 25.5 Å². The summed E-state index contributed by atoms with van der Waals surface area (Å²) in [5, 5.41) is 15.6. The summed E-state index contributed by atoms with van der Waals surface area (Å²) >= 11 is 0. The van der Waals surface area contributed by atoms with Crippen molar-refractivity contribution in [3.8, 4) is 5.75 Å². The fourth-order valence-corrected chi connectivity index (χ4v) is 1.82. The normalized spacial score (nSPS) is 9.96. The van der Waals surface area contributed by atoms with Crippen molar-refractivity contribution in [3.63, 3.8) is 0 Å². The highest BCUT2D eigenvalue weighted by molar-refractivity contribution is 5.89. The molecule has 144 valence electrons. The number of ether oxygens (including phenoxy) is 2. The van der Waals surface area contributed by atoms with Gasteiger partial charge in [0.25, 0.3) is 0 Å². The van der Waals surface area contributed by atoms with Crippen LogP contribution >= 0.6 is 0 Å². The van der Waals surface area contributed by atoms with Crippen LogP contribution in [0.4, 0.5) is 0 Å². The third-order valence-electron chi connectivity index (χ3n) is 2.86. The largest absolute Gasteiger partial charge is 0.482 e. The molecule has 0 atom stereocenters. The average molecular weight is 376 g/mol. The molecule has 1 heterocycles. The van der Waals surface area contributed by atoms with Crippen molar-refractivity contribution in [2.45, 2.75) is 13.3 Å². The number of carbonyl (C=O) groups excluding carboxylic acids is 1. The van der Waals surface area contributed by atoms with Gasteiger partial charge in [-0.2, -0.15) is 0 Å². The van der Waals surface area contributed by atoms with E-state index in [1.807, 2.05) is 24.3 Å². The Bertz CT molecular complexity index is 754. The summed E-state index contributed by atoms with van der Waals surface area (Å²) in [4.78, 5) is 37.5. The van der Waals surface area contributed by atoms with E-state index in [1.165, 1.54) is 0 Å². The summed E-state index contributed by atoms with van der Waals surface area (Å²) in [6.45, 7) is 2.06. The smallest absolute Gasteiger partial charge is 0.344 e. The van der Waals surface area contributed by atoms with E-state index >= 15 is 0 Å². The Morgan fingerprint density at radius 3 is 2.44 bits per heavy atom. The van der Waals surface area contributed by atoms with Gasteiger partial charge in [-0.3, -0.25) is 0 Å². The van der Waals surface area contributed by atoms with Crippen LogP contribution < -0.4 is 4.74 Å². The Balaban J connectivity index is 0.000000387. The van der Waals surface area contributed by atoms with Crippen LogP contribution in [0.3, 0.4) is 0 Å². The second kappa shape index (κ2) is 11.9. The molecule has 0 bridgehead atoms. The minimum Gasteiger partial charge on any atom is -0.482 e. The van der Waals surface area contributed by atoms with E-state index in [-0.39, 0.29) is 12.6 Å². The highest BCUT2D eigenvalue weighted by Gasteiger charge is 2.04. The molecule has 0 fully saturated rings. The van der Waals surface area contributed by atoms with Crippen LogP contribution in [0.5, 0.6) is 5.75 Å². The van der Waals surface area contributed by atoms with Gasteiger partial charge in [-0.25, -0.2) is 19.4 Å². The Morgan fingerprint density at radius 1 is 1.19 bits per heavy atom. The van der Waals surface area contributed by atoms with Crippen molar-refractivity contribution < 1.29 is 34.1 Å². The van der Waals surface area contributed by atoms with E-state index in [0.717, 1.165) is 11.4 Å². The van der Waals surface area contributed by atoms with Crippen molar-refractivity contribution in [2.75, 3.05) is 13.2 Å². The lowest BCUT2D eigenvalue weighted by atomic mass is 10.1. The molecular weight excluding hydrogens is 356 g/mol. The number of aliphatic carboxylic acids is 2. The number of hydrogen-bond acceptors (Lipinski definition) is 6. The first kappa shape index (κ1) is 21.4. The molecular formula is C18H20N2O7. The van der Waals surface area contributed by atoms with Crippen molar-refractivity contribution in [3.05, 3.63) is 60.2 Å². The first-order valence-electron chi connectivity index (χ1n) is 7.90. The molecule has 2 rings (SSSR count). The molecule has 0 radical (unpaired) electrons. The van der Waals surface area contributed by atoms with Crippen LogP contribution in [0.15, 0.2) is 48.8 Å². The van der Waals surface area contributed by atoms with Crippen molar-refractivity contribution >= 4 is 17.9 Å². The number of benzene rings is 1. The zero-order valence-corrected chi connectivity index (χ0v) is 14.6. The quantitative estimate of drug-likeness (QED) is 0.467. The fraction of sp³-hybridized carbons (Fsp3) is 0.222. The van der Waals surface area contributed by atoms with Gasteiger partial charge in [-0.05, 0) is 24.6 Å². The van der Waals surface area contributed by atoms with Crippen LogP contribution in [0, 0.1) is 0 Å². The summed E-state index contributed by atoms with van der Waals surface area (Å²) in [5.41, 5.74) is 1.07. The predicted octanol–water partition coefficient (Wildman–Crippen LogP) is 1.65. The molecule has 0 saturated carbocycles. The van der Waals surface area contributed by atoms with E-state index in [4.69, 9.17) is 19.7 Å². The molecule has 9 heteroatoms. The first-order valence-corrected chi connectivity index (χ1v) is 7.90. The third-order valence-corrected chi connectivity index (χ3v) is 2.86. The second-order valence-electron chi connectivity index (χ2n) is 4.96. The summed E-state index contributed by atoms with van der Waals surface area (Å²) in [5.74, 6) is -1.33. The molecule has 0 aliphatic carbocycles. The van der Waals surface area contributed by atoms with Crippen molar-refractivity contribution in [1.29, 1.82) is 0 Å². The molecule has 1 aromatic carbocycles. The topological polar surface area (TPSA) is 139 Å². The molecule has 0 aliphatic rings. The Kier molecular flexibility index (Phi) is 9.40. The van der Waals surface area contributed by atoms with E-state index in [9.17, 15) is 14.4 Å². The number of rotatable bonds is 8. The van der Waals surface area contributed by atoms with Crippen LogP contribution in [0.1, 0.15) is 18.3 Å². The number of carboxylic acids is 2. The van der Waals surface area contributed by atoms with E-state index in [1.54, 1.807) is 19.3 Å². The second-order valence-corrected chi connectivity index (χ2v) is 4.96. The number of nitrogens with one attached hydrogen (secondary N) is 1. The lowest BCUT2D eigenvalue weighted by Gasteiger charge is -2.07. The Labute approximate surface area is 155 Å². The van der Waals surface area contributed by atoms with Crippen molar-refractivity contribution in [1.82, 2.24) is 9.97 Å². The molecule has 2 aromatic rings. The summed E-state index contributed by atoms with van der Waals surface area (Å²) in [6, 6.07) is 7.57. The fourth-order valence-electron chi connectivity index (χ4n) is 1.82. The number of imidazole rings is 1. The predicted molar refractivity (Wildman–Crippen MR) is 94.4 cm³/mol. The van der Waals surface area contributed by atoms with Gasteiger partial charge in [0.15, 0.2) is 6.61 Å². The van der Waals surface area contributed by atoms with E-state index in [0.29, 0.717) is 30.9 Å². The maximum Gasteiger partial charge on any atom is 0.344 e. The summed E-state index contributed by atoms with van der Waals surface area (Å²) in [6.07, 6.45) is 5.32. The SMILES string of the molecule is CCOC(=O)COc1cccc(Cc2ncc[nH]2)c1.O=C(O)C=CC(=O)O. The minimum absolute atomic E-state index is 0.0714. The lowest BCUT2D eigenvalue weighted by molar-refractivity contribution is -0.145. The molecule has 0 spiro atoms. The first-order chi connectivity index (χ1) is 12.9. The van der Waals surface area contributed by atoms with Gasteiger partial charge in [0.05, 0.1) is 6.61 Å². The highest BCUT2D eigenvalue weighted by atomic mass is 16.6. The average Bonchev–Trinajstić information content (AvgIpc) is 3.12. The van der Waals surface area contributed by atoms with Crippen molar-refractivity contribution in [2.24, 2.45) is 0 Å². The van der Waals surface area contributed by atoms with Gasteiger partial charge in [0.2, 0.25) is 0 Å². The number of aromatic nitrogens is 2. The molecule has 0 saturated heterocycles. The number of carboxylic acid groups (broad SMARTS) is 2. The molecule has 9 nitrogen and oxygen atoms in total. The number of aromatic amines is 1. The summed E-state index contributed by atoms with van der Waals surface area (Å²) in [7, 11) is 0. The monoisotopic (exact) mass is 376 g/mol. The van der Waals surface area contributed by atoms with E-state index < -0.39 is 11.9 Å². The highest BCUT2D eigenvalue weighted by Crippen LogP contribution is 2.15. The number of carbonyl (C=O) groups is 3. The Morgan fingerprint density at radius 2 is 1.89 bits per heavy atom. The van der Waals surface area contributed by atoms with Crippen LogP contribution in [0.25, 0.3) is 0 Å². The molecule has 0 aliphatic heterocycles. The number of H-pyrrole nitrogens is 1.